The van der Waals surface area contributed by atoms with E-state index >= 15 is 0 Å². The molecular formula is C11H9NPd. The second kappa shape index (κ2) is 4.91. The van der Waals surface area contributed by atoms with Crippen LogP contribution < -0.4 is 0 Å². The zero-order valence-electron chi connectivity index (χ0n) is 6.96. The fraction of sp³-hybridized carbons (Fsp3) is 0. The summed E-state index contributed by atoms with van der Waals surface area (Å²) >= 11 is 0. The number of aromatic nitrogens is 1. The molecule has 0 aliphatic rings. The summed E-state index contributed by atoms with van der Waals surface area (Å²) in [5.74, 6) is 0. The summed E-state index contributed by atoms with van der Waals surface area (Å²) in [6.07, 6.45) is 1.81. The molecule has 1 aromatic heterocycles. The van der Waals surface area contributed by atoms with Crippen LogP contribution in [-0.2, 0) is 20.4 Å². The average molecular weight is 262 g/mol. The number of benzene rings is 1. The maximum absolute atomic E-state index is 4.25. The fourth-order valence-corrected chi connectivity index (χ4v) is 1.14. The molecule has 2 heteroatoms. The number of hydrogen-bond acceptors (Lipinski definition) is 1. The minimum Gasteiger partial charge on any atom is -0.256 e. The van der Waals surface area contributed by atoms with Crippen LogP contribution in [0, 0.1) is 0 Å². The van der Waals surface area contributed by atoms with Gasteiger partial charge in [-0.3, -0.25) is 4.98 Å². The molecule has 0 amide bonds. The van der Waals surface area contributed by atoms with Crippen molar-refractivity contribution in [2.75, 3.05) is 0 Å². The monoisotopic (exact) mass is 261 g/mol. The Labute approximate surface area is 91.5 Å². The third kappa shape index (κ3) is 2.48. The van der Waals surface area contributed by atoms with Gasteiger partial charge in [0.1, 0.15) is 0 Å². The van der Waals surface area contributed by atoms with E-state index in [9.17, 15) is 0 Å². The number of hydrogen-bond donors (Lipinski definition) is 0. The summed E-state index contributed by atoms with van der Waals surface area (Å²) in [6.45, 7) is 0. The summed E-state index contributed by atoms with van der Waals surface area (Å²) in [5, 5.41) is 0. The van der Waals surface area contributed by atoms with Crippen LogP contribution in [0.15, 0.2) is 54.7 Å². The molecule has 2 rings (SSSR count). The molecule has 0 saturated carbocycles. The van der Waals surface area contributed by atoms with Gasteiger partial charge >= 0.3 is 0 Å². The van der Waals surface area contributed by atoms with Crippen LogP contribution in [0.25, 0.3) is 11.3 Å². The zero-order valence-corrected chi connectivity index (χ0v) is 8.51. The molecule has 0 unspecified atom stereocenters. The van der Waals surface area contributed by atoms with Crippen LogP contribution in [0.3, 0.4) is 0 Å². The van der Waals surface area contributed by atoms with Crippen LogP contribution in [0.2, 0.25) is 0 Å². The second-order valence-corrected chi connectivity index (χ2v) is 2.58. The summed E-state index contributed by atoms with van der Waals surface area (Å²) in [7, 11) is 0. The molecule has 0 radical (unpaired) electrons. The summed E-state index contributed by atoms with van der Waals surface area (Å²) < 4.78 is 0. The summed E-state index contributed by atoms with van der Waals surface area (Å²) in [6, 6.07) is 16.1. The molecule has 1 heterocycles. The van der Waals surface area contributed by atoms with Crippen molar-refractivity contribution in [2.45, 2.75) is 0 Å². The normalized spacial score (nSPS) is 8.92. The zero-order chi connectivity index (χ0) is 8.23. The second-order valence-electron chi connectivity index (χ2n) is 2.58. The van der Waals surface area contributed by atoms with Crippen LogP contribution in [-0.4, -0.2) is 4.98 Å². The van der Waals surface area contributed by atoms with Gasteiger partial charge in [-0.1, -0.05) is 36.4 Å². The van der Waals surface area contributed by atoms with E-state index in [1.54, 1.807) is 0 Å². The first-order chi connectivity index (χ1) is 5.97. The van der Waals surface area contributed by atoms with Crippen molar-refractivity contribution >= 4 is 0 Å². The largest absolute Gasteiger partial charge is 0.256 e. The fourth-order valence-electron chi connectivity index (χ4n) is 1.14. The average Bonchev–Trinajstić information content (AvgIpc) is 2.21. The van der Waals surface area contributed by atoms with Crippen molar-refractivity contribution in [3.8, 4) is 11.3 Å². The summed E-state index contributed by atoms with van der Waals surface area (Å²) in [5.41, 5.74) is 2.19. The molecule has 0 aliphatic carbocycles. The van der Waals surface area contributed by atoms with Crippen LogP contribution >= 0.6 is 0 Å². The maximum Gasteiger partial charge on any atom is 0.0701 e. The third-order valence-electron chi connectivity index (χ3n) is 1.73. The van der Waals surface area contributed by atoms with E-state index in [0.717, 1.165) is 11.3 Å². The van der Waals surface area contributed by atoms with Gasteiger partial charge in [0.15, 0.2) is 0 Å². The van der Waals surface area contributed by atoms with Gasteiger partial charge in [-0.15, -0.1) is 0 Å². The third-order valence-corrected chi connectivity index (χ3v) is 1.73. The van der Waals surface area contributed by atoms with Gasteiger partial charge in [0.05, 0.1) is 5.69 Å². The van der Waals surface area contributed by atoms with Gasteiger partial charge in [-0.25, -0.2) is 0 Å². The van der Waals surface area contributed by atoms with E-state index in [0.29, 0.717) is 0 Å². The van der Waals surface area contributed by atoms with Crippen LogP contribution in [0.1, 0.15) is 0 Å². The molecule has 13 heavy (non-hydrogen) atoms. The Morgan fingerprint density at radius 2 is 1.46 bits per heavy atom. The molecule has 0 fully saturated rings. The van der Waals surface area contributed by atoms with Gasteiger partial charge in [0, 0.05) is 32.2 Å². The Kier molecular flexibility index (Phi) is 3.82. The van der Waals surface area contributed by atoms with Gasteiger partial charge in [-0.2, -0.15) is 0 Å². The Balaban J connectivity index is 0.000000845. The Morgan fingerprint density at radius 1 is 0.769 bits per heavy atom. The van der Waals surface area contributed by atoms with Gasteiger partial charge < -0.3 is 0 Å². The molecule has 0 atom stereocenters. The Bertz CT molecular complexity index is 307. The van der Waals surface area contributed by atoms with Crippen molar-refractivity contribution in [1.82, 2.24) is 4.98 Å². The predicted octanol–water partition coefficient (Wildman–Crippen LogP) is 2.75. The van der Waals surface area contributed by atoms with E-state index in [4.69, 9.17) is 0 Å². The molecule has 1 nitrogen and oxygen atoms in total. The van der Waals surface area contributed by atoms with E-state index in [1.165, 1.54) is 0 Å². The van der Waals surface area contributed by atoms with Crippen molar-refractivity contribution in [3.05, 3.63) is 54.7 Å². The van der Waals surface area contributed by atoms with Crippen molar-refractivity contribution in [1.29, 1.82) is 0 Å². The molecule has 2 aromatic rings. The van der Waals surface area contributed by atoms with E-state index < -0.39 is 0 Å². The molecule has 0 spiro atoms. The van der Waals surface area contributed by atoms with Crippen LogP contribution in [0.4, 0.5) is 0 Å². The van der Waals surface area contributed by atoms with Gasteiger partial charge in [0.25, 0.3) is 0 Å². The number of rotatable bonds is 1. The Hall–Kier alpha value is -0.968. The van der Waals surface area contributed by atoms with Crippen molar-refractivity contribution in [2.24, 2.45) is 0 Å². The van der Waals surface area contributed by atoms with E-state index in [2.05, 4.69) is 17.1 Å². The molecule has 1 aromatic carbocycles. The standard InChI is InChI=1S/C11H9N.Pd/c1-2-6-10(7-3-1)11-8-4-5-9-12-11;/h1-9H;. The SMILES string of the molecule is [Pd].c1ccc(-c2ccccn2)cc1. The molecule has 0 bridgehead atoms. The quantitative estimate of drug-likeness (QED) is 0.720. The van der Waals surface area contributed by atoms with Crippen molar-refractivity contribution in [3.63, 3.8) is 0 Å². The Morgan fingerprint density at radius 3 is 2.08 bits per heavy atom. The molecule has 0 aliphatic heterocycles. The van der Waals surface area contributed by atoms with Crippen LogP contribution in [0.5, 0.6) is 0 Å². The van der Waals surface area contributed by atoms with E-state index in [-0.39, 0.29) is 20.4 Å². The molecule has 0 N–H and O–H groups in total. The summed E-state index contributed by atoms with van der Waals surface area (Å²) in [4.78, 5) is 4.25. The number of nitrogens with zero attached hydrogens (tertiary/aromatic N) is 1. The minimum atomic E-state index is 0. The smallest absolute Gasteiger partial charge is 0.0701 e. The molecule has 0 saturated heterocycles. The molecule has 68 valence electrons. The first-order valence-electron chi connectivity index (χ1n) is 3.93. The minimum absolute atomic E-state index is 0. The van der Waals surface area contributed by atoms with Gasteiger partial charge in [0.2, 0.25) is 0 Å². The first-order valence-corrected chi connectivity index (χ1v) is 3.93. The predicted molar refractivity (Wildman–Crippen MR) is 49.7 cm³/mol. The first kappa shape index (κ1) is 10.1. The maximum atomic E-state index is 4.25. The van der Waals surface area contributed by atoms with Gasteiger partial charge in [-0.05, 0) is 12.1 Å². The van der Waals surface area contributed by atoms with E-state index in [1.807, 2.05) is 42.6 Å². The molecular weight excluding hydrogens is 253 g/mol. The van der Waals surface area contributed by atoms with Crippen molar-refractivity contribution < 1.29 is 20.4 Å². The number of pyridine rings is 1. The topological polar surface area (TPSA) is 12.9 Å².